The minimum absolute atomic E-state index is 0.411. The molecule has 1 atom stereocenters. The van der Waals surface area contributed by atoms with E-state index >= 15 is 0 Å². The molecule has 0 aliphatic heterocycles. The summed E-state index contributed by atoms with van der Waals surface area (Å²) in [5.41, 5.74) is 8.94. The predicted octanol–water partition coefficient (Wildman–Crippen LogP) is 3.18. The molecule has 17 heavy (non-hydrogen) atoms. The van der Waals surface area contributed by atoms with Gasteiger partial charge in [-0.3, -0.25) is 0 Å². The van der Waals surface area contributed by atoms with Gasteiger partial charge in [0.2, 0.25) is 0 Å². The Hall–Kier alpha value is -0.740. The zero-order chi connectivity index (χ0) is 12.8. The average Bonchev–Trinajstić information content (AvgIpc) is 2.28. The van der Waals surface area contributed by atoms with E-state index in [9.17, 15) is 0 Å². The summed E-state index contributed by atoms with van der Waals surface area (Å²) in [4.78, 5) is 0.451. The van der Waals surface area contributed by atoms with Crippen molar-refractivity contribution in [2.75, 3.05) is 16.8 Å². The van der Waals surface area contributed by atoms with Gasteiger partial charge in [-0.2, -0.15) is 11.8 Å². The number of aryl methyl sites for hydroxylation is 1. The van der Waals surface area contributed by atoms with E-state index in [1.54, 1.807) is 0 Å². The Bertz CT molecular complexity index is 391. The first-order valence-electron chi connectivity index (χ1n) is 5.80. The molecule has 0 radical (unpaired) electrons. The molecule has 0 bridgehead atoms. The number of para-hydroxylation sites is 1. The second kappa shape index (κ2) is 6.87. The molecule has 0 aliphatic rings. The highest BCUT2D eigenvalue weighted by molar-refractivity contribution is 7.99. The first-order valence-corrected chi connectivity index (χ1v) is 7.36. The Morgan fingerprint density at radius 3 is 2.82 bits per heavy atom. The van der Waals surface area contributed by atoms with Gasteiger partial charge in [0.05, 0.1) is 0 Å². The lowest BCUT2D eigenvalue weighted by Gasteiger charge is -2.19. The molecule has 1 unspecified atom stereocenters. The van der Waals surface area contributed by atoms with Crippen molar-refractivity contribution in [3.05, 3.63) is 29.3 Å². The molecule has 1 aromatic rings. The van der Waals surface area contributed by atoms with Crippen molar-refractivity contribution in [3.8, 4) is 0 Å². The van der Waals surface area contributed by atoms with Gasteiger partial charge >= 0.3 is 0 Å². The van der Waals surface area contributed by atoms with E-state index in [0.717, 1.165) is 22.8 Å². The monoisotopic (exact) mass is 268 g/mol. The number of benzene rings is 1. The third kappa shape index (κ3) is 4.21. The van der Waals surface area contributed by atoms with Gasteiger partial charge in [0.25, 0.3) is 0 Å². The van der Waals surface area contributed by atoms with Crippen LogP contribution < -0.4 is 11.1 Å². The van der Waals surface area contributed by atoms with Crippen LogP contribution >= 0.6 is 24.0 Å². The molecule has 0 amide bonds. The zero-order valence-corrected chi connectivity index (χ0v) is 12.3. The molecule has 1 rings (SSSR count). The number of hydrogen-bond acceptors (Lipinski definition) is 3. The molecule has 0 spiro atoms. The largest absolute Gasteiger partial charge is 0.389 e. The second-order valence-electron chi connectivity index (χ2n) is 4.07. The van der Waals surface area contributed by atoms with Crippen molar-refractivity contribution in [3.63, 3.8) is 0 Å². The van der Waals surface area contributed by atoms with Gasteiger partial charge in [-0.25, -0.2) is 0 Å². The normalized spacial score (nSPS) is 12.2. The highest BCUT2D eigenvalue weighted by atomic mass is 32.2. The summed E-state index contributed by atoms with van der Waals surface area (Å²) in [6, 6.07) is 6.44. The van der Waals surface area contributed by atoms with E-state index in [1.165, 1.54) is 5.56 Å². The molecular weight excluding hydrogens is 248 g/mol. The van der Waals surface area contributed by atoms with Crippen molar-refractivity contribution in [1.82, 2.24) is 0 Å². The van der Waals surface area contributed by atoms with Crippen LogP contribution in [0.15, 0.2) is 18.2 Å². The number of thioether (sulfide) groups is 1. The molecule has 4 heteroatoms. The maximum atomic E-state index is 5.75. The fourth-order valence-corrected chi connectivity index (χ4v) is 2.49. The lowest BCUT2D eigenvalue weighted by molar-refractivity contribution is 0.910. The summed E-state index contributed by atoms with van der Waals surface area (Å²) < 4.78 is 0. The molecule has 2 nitrogen and oxygen atoms in total. The third-order valence-corrected chi connectivity index (χ3v) is 3.86. The summed E-state index contributed by atoms with van der Waals surface area (Å²) in [5, 5.41) is 3.51. The summed E-state index contributed by atoms with van der Waals surface area (Å²) in [7, 11) is 0. The molecule has 0 aliphatic carbocycles. The van der Waals surface area contributed by atoms with E-state index in [2.05, 4.69) is 32.2 Å². The van der Waals surface area contributed by atoms with Gasteiger partial charge < -0.3 is 11.1 Å². The number of anilines is 1. The topological polar surface area (TPSA) is 38.0 Å². The minimum Gasteiger partial charge on any atom is -0.389 e. The Kier molecular flexibility index (Phi) is 5.78. The fraction of sp³-hybridized carbons (Fsp3) is 0.462. The van der Waals surface area contributed by atoms with Crippen molar-refractivity contribution in [1.29, 1.82) is 0 Å². The number of hydrogen-bond donors (Lipinski definition) is 2. The van der Waals surface area contributed by atoms with Crippen molar-refractivity contribution in [2.24, 2.45) is 5.73 Å². The lowest BCUT2D eigenvalue weighted by atomic mass is 10.1. The molecule has 94 valence electrons. The van der Waals surface area contributed by atoms with Crippen LogP contribution in [0.2, 0.25) is 0 Å². The second-order valence-corrected chi connectivity index (χ2v) is 5.83. The Labute approximate surface area is 113 Å². The van der Waals surface area contributed by atoms with E-state index in [4.69, 9.17) is 18.0 Å². The standard InChI is InChI=1S/C13H20N2S2/c1-4-17-8-10(3)15-12-9(2)6-5-7-11(12)13(14)16/h5-7,10,15H,4,8H2,1-3H3,(H2,14,16). The van der Waals surface area contributed by atoms with Crippen molar-refractivity contribution >= 4 is 34.7 Å². The molecular formula is C13H20N2S2. The Balaban J connectivity index is 2.85. The quantitative estimate of drug-likeness (QED) is 0.777. The number of nitrogens with one attached hydrogen (secondary N) is 1. The van der Waals surface area contributed by atoms with Gasteiger partial charge in [-0.05, 0) is 31.2 Å². The van der Waals surface area contributed by atoms with Gasteiger partial charge in [-0.15, -0.1) is 0 Å². The lowest BCUT2D eigenvalue weighted by Crippen LogP contribution is -2.22. The van der Waals surface area contributed by atoms with E-state index in [-0.39, 0.29) is 0 Å². The van der Waals surface area contributed by atoms with Crippen LogP contribution in [0.1, 0.15) is 25.0 Å². The number of rotatable bonds is 6. The third-order valence-electron chi connectivity index (χ3n) is 2.50. The van der Waals surface area contributed by atoms with E-state index < -0.39 is 0 Å². The van der Waals surface area contributed by atoms with E-state index in [0.29, 0.717) is 11.0 Å². The first-order chi connectivity index (χ1) is 8.06. The number of nitrogens with two attached hydrogens (primary N) is 1. The highest BCUT2D eigenvalue weighted by Gasteiger charge is 2.10. The van der Waals surface area contributed by atoms with Crippen LogP contribution in [0, 0.1) is 6.92 Å². The summed E-state index contributed by atoms with van der Waals surface area (Å²) in [6.45, 7) is 6.42. The zero-order valence-electron chi connectivity index (χ0n) is 10.6. The molecule has 0 aromatic heterocycles. The van der Waals surface area contributed by atoms with Crippen molar-refractivity contribution < 1.29 is 0 Å². The van der Waals surface area contributed by atoms with Crippen LogP contribution in [0.4, 0.5) is 5.69 Å². The van der Waals surface area contributed by atoms with Crippen LogP contribution in [-0.4, -0.2) is 22.5 Å². The van der Waals surface area contributed by atoms with E-state index in [1.807, 2.05) is 23.9 Å². The molecule has 0 fully saturated rings. The maximum Gasteiger partial charge on any atom is 0.106 e. The Morgan fingerprint density at radius 1 is 1.53 bits per heavy atom. The van der Waals surface area contributed by atoms with Gasteiger partial charge in [0.15, 0.2) is 0 Å². The molecule has 0 saturated carbocycles. The molecule has 1 aromatic carbocycles. The van der Waals surface area contributed by atoms with Gasteiger partial charge in [0.1, 0.15) is 4.99 Å². The highest BCUT2D eigenvalue weighted by Crippen LogP contribution is 2.22. The predicted molar refractivity (Wildman–Crippen MR) is 83.2 cm³/mol. The summed E-state index contributed by atoms with van der Waals surface area (Å²) >= 11 is 7.01. The van der Waals surface area contributed by atoms with Crippen LogP contribution in [-0.2, 0) is 0 Å². The number of thiocarbonyl (C=S) groups is 1. The maximum absolute atomic E-state index is 5.75. The minimum atomic E-state index is 0.411. The Morgan fingerprint density at radius 2 is 2.24 bits per heavy atom. The van der Waals surface area contributed by atoms with Gasteiger partial charge in [-0.1, -0.05) is 31.3 Å². The molecule has 3 N–H and O–H groups in total. The van der Waals surface area contributed by atoms with Crippen molar-refractivity contribution in [2.45, 2.75) is 26.8 Å². The van der Waals surface area contributed by atoms with Crippen LogP contribution in [0.3, 0.4) is 0 Å². The smallest absolute Gasteiger partial charge is 0.106 e. The fourth-order valence-electron chi connectivity index (χ4n) is 1.65. The summed E-state index contributed by atoms with van der Waals surface area (Å²) in [5.74, 6) is 2.23. The molecule has 0 saturated heterocycles. The average molecular weight is 268 g/mol. The summed E-state index contributed by atoms with van der Waals surface area (Å²) in [6.07, 6.45) is 0. The SMILES string of the molecule is CCSCC(C)Nc1c(C)cccc1C(N)=S. The van der Waals surface area contributed by atoms with Gasteiger partial charge in [0, 0.05) is 23.0 Å². The molecule has 0 heterocycles. The van der Waals surface area contributed by atoms with Crippen LogP contribution in [0.5, 0.6) is 0 Å². The first kappa shape index (κ1) is 14.3. The van der Waals surface area contributed by atoms with Crippen LogP contribution in [0.25, 0.3) is 0 Å².